The third-order valence-corrected chi connectivity index (χ3v) is 4.02. The lowest BCUT2D eigenvalue weighted by atomic mass is 10.1. The van der Waals surface area contributed by atoms with E-state index >= 15 is 0 Å². The van der Waals surface area contributed by atoms with E-state index in [1.54, 1.807) is 24.5 Å². The first kappa shape index (κ1) is 18.2. The van der Waals surface area contributed by atoms with Crippen LogP contribution in [0.5, 0.6) is 0 Å². The average Bonchev–Trinajstić information content (AvgIpc) is 2.48. The lowest BCUT2D eigenvalue weighted by molar-refractivity contribution is -0.117. The second-order valence-corrected chi connectivity index (χ2v) is 6.34. The molecule has 0 aliphatic heterocycles. The van der Waals surface area contributed by atoms with Crippen molar-refractivity contribution in [3.8, 4) is 11.3 Å². The number of carbonyl (C=O) groups excluding carboxylic acids is 2. The summed E-state index contributed by atoms with van der Waals surface area (Å²) in [6, 6.07) is 6.29. The predicted octanol–water partition coefficient (Wildman–Crippen LogP) is 2.83. The molecule has 1 heterocycles. The molecule has 0 unspecified atom stereocenters. The molecule has 1 amide bonds. The zero-order valence-electron chi connectivity index (χ0n) is 13.4. The molecule has 2 aromatic rings. The number of halogens is 1. The highest BCUT2D eigenvalue weighted by Crippen LogP contribution is 2.30. The number of benzene rings is 1. The van der Waals surface area contributed by atoms with Crippen molar-refractivity contribution in [3.05, 3.63) is 39.6 Å². The van der Waals surface area contributed by atoms with Gasteiger partial charge in [0.2, 0.25) is 5.91 Å². The summed E-state index contributed by atoms with van der Waals surface area (Å²) in [5.41, 5.74) is 1.13. The molecular weight excluding hydrogens is 350 g/mol. The SMILES string of the molecule is CSc1nc(-c2ccc(Cl)cc2NC(C)=O)cc(=O)n1CC(C)=O. The van der Waals surface area contributed by atoms with Crippen molar-refractivity contribution in [1.29, 1.82) is 0 Å². The van der Waals surface area contributed by atoms with Gasteiger partial charge < -0.3 is 5.32 Å². The van der Waals surface area contributed by atoms with Gasteiger partial charge in [-0.15, -0.1) is 0 Å². The Kier molecular flexibility index (Phi) is 5.80. The van der Waals surface area contributed by atoms with E-state index in [4.69, 9.17) is 11.6 Å². The van der Waals surface area contributed by atoms with E-state index in [0.29, 0.717) is 27.1 Å². The first-order valence-corrected chi connectivity index (χ1v) is 8.65. The molecule has 0 aliphatic rings. The minimum Gasteiger partial charge on any atom is -0.326 e. The first-order chi connectivity index (χ1) is 11.3. The molecule has 0 aliphatic carbocycles. The molecular formula is C16H16ClN3O3S. The standard InChI is InChI=1S/C16H16ClN3O3S/c1-9(21)8-20-15(23)7-14(19-16(20)24-3)12-5-4-11(17)6-13(12)18-10(2)22/h4-7H,8H2,1-3H3,(H,18,22). The van der Waals surface area contributed by atoms with Crippen LogP contribution in [-0.4, -0.2) is 27.5 Å². The van der Waals surface area contributed by atoms with E-state index in [2.05, 4.69) is 10.3 Å². The van der Waals surface area contributed by atoms with Gasteiger partial charge in [0.15, 0.2) is 5.16 Å². The Balaban J connectivity index is 2.61. The van der Waals surface area contributed by atoms with Crippen molar-refractivity contribution in [2.45, 2.75) is 25.5 Å². The highest BCUT2D eigenvalue weighted by Gasteiger charge is 2.14. The fourth-order valence-electron chi connectivity index (χ4n) is 2.18. The minimum absolute atomic E-state index is 0.0263. The number of amides is 1. The number of hydrogen-bond donors (Lipinski definition) is 1. The fourth-order valence-corrected chi connectivity index (χ4v) is 2.92. The van der Waals surface area contributed by atoms with Crippen LogP contribution in [0.3, 0.4) is 0 Å². The molecule has 0 bridgehead atoms. The van der Waals surface area contributed by atoms with Crippen LogP contribution in [0.25, 0.3) is 11.3 Å². The van der Waals surface area contributed by atoms with Crippen LogP contribution < -0.4 is 10.9 Å². The summed E-state index contributed by atoms with van der Waals surface area (Å²) in [5.74, 6) is -0.388. The maximum Gasteiger partial charge on any atom is 0.255 e. The van der Waals surface area contributed by atoms with Crippen LogP contribution in [0.1, 0.15) is 13.8 Å². The third kappa shape index (κ3) is 4.24. The van der Waals surface area contributed by atoms with Crippen LogP contribution in [-0.2, 0) is 16.1 Å². The summed E-state index contributed by atoms with van der Waals surface area (Å²) in [6.45, 7) is 2.77. The average molecular weight is 366 g/mol. The predicted molar refractivity (Wildman–Crippen MR) is 95.7 cm³/mol. The molecule has 1 N–H and O–H groups in total. The van der Waals surface area contributed by atoms with Crippen LogP contribution in [0, 0.1) is 0 Å². The monoisotopic (exact) mass is 365 g/mol. The second-order valence-electron chi connectivity index (χ2n) is 5.13. The zero-order valence-corrected chi connectivity index (χ0v) is 15.0. The number of ketones is 1. The number of anilines is 1. The van der Waals surface area contributed by atoms with Gasteiger partial charge in [0, 0.05) is 23.6 Å². The number of aromatic nitrogens is 2. The molecule has 1 aromatic heterocycles. The number of nitrogens with one attached hydrogen (secondary N) is 1. The Morgan fingerprint density at radius 2 is 2.00 bits per heavy atom. The van der Waals surface area contributed by atoms with E-state index < -0.39 is 0 Å². The molecule has 0 saturated heterocycles. The van der Waals surface area contributed by atoms with Gasteiger partial charge in [-0.1, -0.05) is 23.4 Å². The quantitative estimate of drug-likeness (QED) is 0.651. The second kappa shape index (κ2) is 7.63. The van der Waals surface area contributed by atoms with E-state index in [-0.39, 0.29) is 23.8 Å². The first-order valence-electron chi connectivity index (χ1n) is 7.04. The number of nitrogens with zero attached hydrogens (tertiary/aromatic N) is 2. The highest BCUT2D eigenvalue weighted by molar-refractivity contribution is 7.98. The molecule has 0 saturated carbocycles. The van der Waals surface area contributed by atoms with Gasteiger partial charge in [-0.3, -0.25) is 19.0 Å². The summed E-state index contributed by atoms with van der Waals surface area (Å²) in [7, 11) is 0. The molecule has 126 valence electrons. The Hall–Kier alpha value is -2.12. The molecule has 0 fully saturated rings. The van der Waals surface area contributed by atoms with Crippen molar-refractivity contribution < 1.29 is 9.59 Å². The van der Waals surface area contributed by atoms with Gasteiger partial charge in [0.05, 0.1) is 17.9 Å². The molecule has 8 heteroatoms. The molecule has 0 atom stereocenters. The number of carbonyl (C=O) groups is 2. The van der Waals surface area contributed by atoms with Crippen molar-refractivity contribution in [2.75, 3.05) is 11.6 Å². The number of rotatable bonds is 5. The molecule has 24 heavy (non-hydrogen) atoms. The third-order valence-electron chi connectivity index (χ3n) is 3.10. The maximum atomic E-state index is 12.4. The minimum atomic E-state index is -0.330. The molecule has 0 radical (unpaired) electrons. The normalized spacial score (nSPS) is 10.5. The van der Waals surface area contributed by atoms with E-state index in [0.717, 1.165) is 0 Å². The topological polar surface area (TPSA) is 81.1 Å². The van der Waals surface area contributed by atoms with E-state index in [1.165, 1.54) is 36.2 Å². The van der Waals surface area contributed by atoms with E-state index in [1.807, 2.05) is 0 Å². The van der Waals surface area contributed by atoms with Gasteiger partial charge in [-0.2, -0.15) is 0 Å². The Morgan fingerprint density at radius 1 is 1.29 bits per heavy atom. The van der Waals surface area contributed by atoms with Gasteiger partial charge in [0.25, 0.3) is 5.56 Å². The molecule has 1 aromatic carbocycles. The summed E-state index contributed by atoms with van der Waals surface area (Å²) in [4.78, 5) is 39.6. The summed E-state index contributed by atoms with van der Waals surface area (Å²) < 4.78 is 1.32. The summed E-state index contributed by atoms with van der Waals surface area (Å²) in [5, 5.41) is 3.57. The molecule has 0 spiro atoms. The number of hydrogen-bond acceptors (Lipinski definition) is 5. The van der Waals surface area contributed by atoms with Crippen molar-refractivity contribution in [1.82, 2.24) is 9.55 Å². The Bertz CT molecular complexity index is 864. The molecule has 2 rings (SSSR count). The Morgan fingerprint density at radius 3 is 2.58 bits per heavy atom. The van der Waals surface area contributed by atoms with Gasteiger partial charge in [0.1, 0.15) is 5.78 Å². The van der Waals surface area contributed by atoms with Crippen LogP contribution >= 0.6 is 23.4 Å². The zero-order chi connectivity index (χ0) is 17.9. The van der Waals surface area contributed by atoms with Gasteiger partial charge in [-0.25, -0.2) is 4.98 Å². The lowest BCUT2D eigenvalue weighted by Gasteiger charge is -2.13. The smallest absolute Gasteiger partial charge is 0.255 e. The van der Waals surface area contributed by atoms with Crippen LogP contribution in [0.4, 0.5) is 5.69 Å². The van der Waals surface area contributed by atoms with Gasteiger partial charge in [-0.05, 0) is 31.4 Å². The fraction of sp³-hybridized carbons (Fsp3) is 0.250. The van der Waals surface area contributed by atoms with Crippen LogP contribution in [0.15, 0.2) is 34.2 Å². The van der Waals surface area contributed by atoms with Crippen molar-refractivity contribution in [3.63, 3.8) is 0 Å². The van der Waals surface area contributed by atoms with Gasteiger partial charge >= 0.3 is 0 Å². The number of Topliss-reactive ketones (excluding diaryl/α,β-unsaturated/α-hetero) is 1. The van der Waals surface area contributed by atoms with Crippen molar-refractivity contribution in [2.24, 2.45) is 0 Å². The molecule has 6 nitrogen and oxygen atoms in total. The number of thioether (sulfide) groups is 1. The lowest BCUT2D eigenvalue weighted by Crippen LogP contribution is -2.25. The van der Waals surface area contributed by atoms with Crippen molar-refractivity contribution >= 4 is 40.7 Å². The highest BCUT2D eigenvalue weighted by atomic mass is 35.5. The maximum absolute atomic E-state index is 12.4. The van der Waals surface area contributed by atoms with E-state index in [9.17, 15) is 14.4 Å². The summed E-state index contributed by atoms with van der Waals surface area (Å²) >= 11 is 7.25. The Labute approximate surface area is 148 Å². The van der Waals surface area contributed by atoms with Crippen LogP contribution in [0.2, 0.25) is 5.02 Å². The summed E-state index contributed by atoms with van der Waals surface area (Å²) in [6.07, 6.45) is 1.78. The largest absolute Gasteiger partial charge is 0.326 e.